The maximum atomic E-state index is 5.15. The Balaban J connectivity index is 1.95. The Kier molecular flexibility index (Phi) is 3.05. The number of rotatable bonds is 2. The van der Waals surface area contributed by atoms with Gasteiger partial charge in [0.25, 0.3) is 0 Å². The Hall–Kier alpha value is -2.05. The van der Waals surface area contributed by atoms with Crippen LogP contribution in [-0.2, 0) is 0 Å². The highest BCUT2D eigenvalue weighted by atomic mass is 79.9. The number of aromatic nitrogens is 3. The number of thiophene rings is 1. The molecule has 21 heavy (non-hydrogen) atoms. The summed E-state index contributed by atoms with van der Waals surface area (Å²) in [6, 6.07) is 11.9. The molecule has 3 heterocycles. The van der Waals surface area contributed by atoms with Crippen LogP contribution in [0.25, 0.3) is 32.7 Å². The van der Waals surface area contributed by atoms with Crippen molar-refractivity contribution in [3.05, 3.63) is 52.5 Å². The Morgan fingerprint density at radius 2 is 1.81 bits per heavy atom. The quantitative estimate of drug-likeness (QED) is 0.518. The van der Waals surface area contributed by atoms with Crippen LogP contribution in [0.4, 0.5) is 0 Å². The normalized spacial score (nSPS) is 11.1. The zero-order valence-electron chi connectivity index (χ0n) is 10.7. The fourth-order valence-corrected chi connectivity index (χ4v) is 3.16. The molecule has 0 spiro atoms. The van der Waals surface area contributed by atoms with E-state index >= 15 is 0 Å². The molecule has 4 rings (SSSR count). The van der Waals surface area contributed by atoms with E-state index < -0.39 is 0 Å². The third kappa shape index (κ3) is 2.16. The minimum atomic E-state index is 0.728. The van der Waals surface area contributed by atoms with Gasteiger partial charge in [0.1, 0.15) is 23.2 Å². The van der Waals surface area contributed by atoms with Crippen LogP contribution in [0.1, 0.15) is 0 Å². The van der Waals surface area contributed by atoms with Crippen LogP contribution < -0.4 is 0 Å². The molecule has 0 aliphatic carbocycles. The maximum absolute atomic E-state index is 5.15. The van der Waals surface area contributed by atoms with Crippen molar-refractivity contribution in [3.8, 4) is 21.8 Å². The first kappa shape index (κ1) is 12.7. The lowest BCUT2D eigenvalue weighted by Gasteiger charge is -2.03. The van der Waals surface area contributed by atoms with Crippen LogP contribution >= 0.6 is 27.3 Å². The van der Waals surface area contributed by atoms with Crippen molar-refractivity contribution in [2.45, 2.75) is 0 Å². The molecule has 0 saturated heterocycles. The Morgan fingerprint density at radius 3 is 2.57 bits per heavy atom. The summed E-state index contributed by atoms with van der Waals surface area (Å²) < 4.78 is 6.17. The van der Waals surface area contributed by atoms with E-state index in [0.29, 0.717) is 0 Å². The van der Waals surface area contributed by atoms with Crippen molar-refractivity contribution < 1.29 is 4.52 Å². The van der Waals surface area contributed by atoms with Gasteiger partial charge in [0.2, 0.25) is 0 Å². The molecular formula is C15H8BrN3OS. The van der Waals surface area contributed by atoms with Gasteiger partial charge in [0.05, 0.1) is 10.3 Å². The van der Waals surface area contributed by atoms with Crippen LogP contribution in [0.2, 0.25) is 0 Å². The fraction of sp³-hybridized carbons (Fsp3) is 0. The summed E-state index contributed by atoms with van der Waals surface area (Å²) in [4.78, 5) is 1.05. The predicted molar refractivity (Wildman–Crippen MR) is 86.0 cm³/mol. The molecule has 0 unspecified atom stereocenters. The minimum absolute atomic E-state index is 0.728. The Morgan fingerprint density at radius 1 is 1.00 bits per heavy atom. The van der Waals surface area contributed by atoms with Gasteiger partial charge in [-0.3, -0.25) is 0 Å². The molecule has 0 bridgehead atoms. The zero-order valence-corrected chi connectivity index (χ0v) is 13.1. The summed E-state index contributed by atoms with van der Waals surface area (Å²) in [7, 11) is 0. The number of fused-ring (bicyclic) bond motifs is 1. The maximum Gasteiger partial charge on any atom is 0.144 e. The second-order valence-electron chi connectivity index (χ2n) is 4.46. The van der Waals surface area contributed by atoms with Crippen molar-refractivity contribution in [1.29, 1.82) is 0 Å². The molecule has 6 heteroatoms. The van der Waals surface area contributed by atoms with Crippen molar-refractivity contribution in [1.82, 2.24) is 15.4 Å². The Bertz CT molecular complexity index is 900. The van der Waals surface area contributed by atoms with E-state index in [4.69, 9.17) is 4.52 Å². The lowest BCUT2D eigenvalue weighted by atomic mass is 10.1. The highest BCUT2D eigenvalue weighted by Crippen LogP contribution is 2.33. The molecule has 4 aromatic rings. The van der Waals surface area contributed by atoms with Gasteiger partial charge in [0, 0.05) is 10.0 Å². The predicted octanol–water partition coefficient (Wildman–Crippen LogP) is 4.78. The average Bonchev–Trinajstić information content (AvgIpc) is 3.19. The fourth-order valence-electron chi connectivity index (χ4n) is 2.17. The number of nitrogens with zero attached hydrogens (tertiary/aromatic N) is 3. The van der Waals surface area contributed by atoms with Gasteiger partial charge in [-0.2, -0.15) is 0 Å². The number of benzene rings is 1. The molecule has 0 aliphatic heterocycles. The molecule has 0 aliphatic rings. The van der Waals surface area contributed by atoms with Crippen LogP contribution in [-0.4, -0.2) is 15.4 Å². The van der Waals surface area contributed by atoms with Crippen molar-refractivity contribution in [3.63, 3.8) is 0 Å². The third-order valence-corrected chi connectivity index (χ3v) is 4.58. The topological polar surface area (TPSA) is 51.8 Å². The molecular weight excluding hydrogens is 350 g/mol. The lowest BCUT2D eigenvalue weighted by Crippen LogP contribution is -1.92. The van der Waals surface area contributed by atoms with Gasteiger partial charge < -0.3 is 4.52 Å². The van der Waals surface area contributed by atoms with E-state index in [-0.39, 0.29) is 0 Å². The standard InChI is InChI=1S/C15H8BrN3OS/c16-10-5-3-9(4-6-10)13-15-11(8-20-19-15)14(18-17-13)12-2-1-7-21-12/h1-8H. The van der Waals surface area contributed by atoms with Crippen molar-refractivity contribution in [2.75, 3.05) is 0 Å². The molecule has 0 amide bonds. The molecule has 0 atom stereocenters. The number of hydrogen-bond acceptors (Lipinski definition) is 5. The summed E-state index contributed by atoms with van der Waals surface area (Å²) in [5, 5.41) is 15.7. The van der Waals surface area contributed by atoms with E-state index in [1.54, 1.807) is 17.6 Å². The summed E-state index contributed by atoms with van der Waals surface area (Å²) in [6.45, 7) is 0. The smallest absolute Gasteiger partial charge is 0.144 e. The minimum Gasteiger partial charge on any atom is -0.363 e. The van der Waals surface area contributed by atoms with E-state index in [2.05, 4.69) is 31.3 Å². The van der Waals surface area contributed by atoms with Gasteiger partial charge in [-0.05, 0) is 23.6 Å². The molecule has 1 aromatic carbocycles. The van der Waals surface area contributed by atoms with Crippen LogP contribution in [0, 0.1) is 0 Å². The number of halogens is 1. The van der Waals surface area contributed by atoms with Crippen molar-refractivity contribution in [2.24, 2.45) is 0 Å². The lowest BCUT2D eigenvalue weighted by molar-refractivity contribution is 0.428. The summed E-state index contributed by atoms with van der Waals surface area (Å²) in [5.74, 6) is 0. The van der Waals surface area contributed by atoms with E-state index in [1.807, 2.05) is 41.8 Å². The highest BCUT2D eigenvalue weighted by Gasteiger charge is 2.16. The number of hydrogen-bond donors (Lipinski definition) is 0. The summed E-state index contributed by atoms with van der Waals surface area (Å²) in [5.41, 5.74) is 3.23. The zero-order chi connectivity index (χ0) is 14.2. The monoisotopic (exact) mass is 357 g/mol. The summed E-state index contributed by atoms with van der Waals surface area (Å²) in [6.07, 6.45) is 1.63. The van der Waals surface area contributed by atoms with E-state index in [9.17, 15) is 0 Å². The molecule has 0 saturated carbocycles. The summed E-state index contributed by atoms with van der Waals surface area (Å²) >= 11 is 5.05. The first-order chi connectivity index (χ1) is 10.3. The van der Waals surface area contributed by atoms with Gasteiger partial charge >= 0.3 is 0 Å². The second-order valence-corrected chi connectivity index (χ2v) is 6.32. The largest absolute Gasteiger partial charge is 0.363 e. The third-order valence-electron chi connectivity index (χ3n) is 3.17. The van der Waals surface area contributed by atoms with Crippen LogP contribution in [0.3, 0.4) is 0 Å². The molecule has 3 aromatic heterocycles. The van der Waals surface area contributed by atoms with E-state index in [1.165, 1.54) is 0 Å². The van der Waals surface area contributed by atoms with Gasteiger partial charge in [-0.1, -0.05) is 39.3 Å². The first-order valence-corrected chi connectivity index (χ1v) is 7.91. The molecule has 102 valence electrons. The molecule has 0 N–H and O–H groups in total. The second kappa shape index (κ2) is 5.05. The van der Waals surface area contributed by atoms with Crippen LogP contribution in [0.5, 0.6) is 0 Å². The van der Waals surface area contributed by atoms with Gasteiger partial charge in [-0.15, -0.1) is 21.5 Å². The van der Waals surface area contributed by atoms with Gasteiger partial charge in [-0.25, -0.2) is 0 Å². The highest BCUT2D eigenvalue weighted by molar-refractivity contribution is 9.10. The Labute approximate surface area is 132 Å². The average molecular weight is 358 g/mol. The van der Waals surface area contributed by atoms with Crippen molar-refractivity contribution >= 4 is 38.2 Å². The molecule has 0 radical (unpaired) electrons. The van der Waals surface area contributed by atoms with Crippen LogP contribution in [0.15, 0.2) is 57.0 Å². The van der Waals surface area contributed by atoms with E-state index in [0.717, 1.165) is 37.2 Å². The first-order valence-electron chi connectivity index (χ1n) is 6.23. The molecule has 0 fully saturated rings. The van der Waals surface area contributed by atoms with Gasteiger partial charge in [0.15, 0.2) is 0 Å². The molecule has 4 nitrogen and oxygen atoms in total. The SMILES string of the molecule is Brc1ccc(-c2nnc(-c3cccs3)c3conc23)cc1.